The van der Waals surface area contributed by atoms with Crippen molar-refractivity contribution >= 4 is 60.7 Å². The van der Waals surface area contributed by atoms with Crippen molar-refractivity contribution in [3.63, 3.8) is 0 Å². The van der Waals surface area contributed by atoms with Crippen LogP contribution >= 0.6 is 54.8 Å². The van der Waals surface area contributed by atoms with Crippen LogP contribution in [0.5, 0.6) is 0 Å². The lowest BCUT2D eigenvalue weighted by atomic mass is 10.2. The summed E-state index contributed by atoms with van der Waals surface area (Å²) in [6.07, 6.45) is 4.65. The molecule has 1 aromatic rings. The molecule has 0 N–H and O–H groups in total. The molecule has 0 atom stereocenters. The number of nitrogens with zero attached hydrogens (tertiary/aromatic N) is 1. The van der Waals surface area contributed by atoms with Gasteiger partial charge in [-0.05, 0) is 50.8 Å². The van der Waals surface area contributed by atoms with Gasteiger partial charge in [0.15, 0.2) is 0 Å². The number of rotatable bonds is 4. The fourth-order valence-corrected chi connectivity index (χ4v) is 4.52. The summed E-state index contributed by atoms with van der Waals surface area (Å²) >= 11 is 14.2. The lowest BCUT2D eigenvalue weighted by Gasteiger charge is -2.27. The summed E-state index contributed by atoms with van der Waals surface area (Å²) in [6, 6.07) is 2.25. The molecular formula is C12H14Br2ClNOS. The molecule has 6 heteroatoms. The SMILES string of the molecule is O=C(c1cc(Br)c(Br)s1)N(CCCl)C1CCCC1. The van der Waals surface area contributed by atoms with Crippen LogP contribution in [0.1, 0.15) is 35.4 Å². The lowest BCUT2D eigenvalue weighted by Crippen LogP contribution is -2.39. The molecular weight excluding hydrogens is 401 g/mol. The Morgan fingerprint density at radius 2 is 2.11 bits per heavy atom. The van der Waals surface area contributed by atoms with Crippen molar-refractivity contribution in [2.24, 2.45) is 0 Å². The van der Waals surface area contributed by atoms with E-state index in [1.54, 1.807) is 0 Å². The Kier molecular flexibility index (Phi) is 5.54. The highest BCUT2D eigenvalue weighted by molar-refractivity contribution is 9.13. The van der Waals surface area contributed by atoms with E-state index in [2.05, 4.69) is 31.9 Å². The number of carbonyl (C=O) groups is 1. The van der Waals surface area contributed by atoms with Gasteiger partial charge in [-0.3, -0.25) is 4.79 Å². The fourth-order valence-electron chi connectivity index (χ4n) is 2.35. The van der Waals surface area contributed by atoms with Crippen LogP contribution in [0.15, 0.2) is 14.3 Å². The first-order chi connectivity index (χ1) is 8.63. The molecule has 1 amide bonds. The third kappa shape index (κ3) is 3.30. The third-order valence-electron chi connectivity index (χ3n) is 3.21. The molecule has 0 spiro atoms. The third-order valence-corrected chi connectivity index (χ3v) is 6.62. The zero-order valence-electron chi connectivity index (χ0n) is 9.79. The van der Waals surface area contributed by atoms with Crippen LogP contribution in [0.25, 0.3) is 0 Å². The van der Waals surface area contributed by atoms with Gasteiger partial charge in [-0.2, -0.15) is 0 Å². The van der Waals surface area contributed by atoms with Crippen LogP contribution in [0.2, 0.25) is 0 Å². The average Bonchev–Trinajstić information content (AvgIpc) is 2.97. The van der Waals surface area contributed by atoms with E-state index >= 15 is 0 Å². The maximum absolute atomic E-state index is 12.5. The molecule has 1 fully saturated rings. The molecule has 0 radical (unpaired) electrons. The summed E-state index contributed by atoms with van der Waals surface area (Å²) in [4.78, 5) is 15.2. The molecule has 18 heavy (non-hydrogen) atoms. The van der Waals surface area contributed by atoms with E-state index in [1.807, 2.05) is 11.0 Å². The van der Waals surface area contributed by atoms with E-state index in [9.17, 15) is 4.79 Å². The van der Waals surface area contributed by atoms with Crippen LogP contribution in [-0.2, 0) is 0 Å². The van der Waals surface area contributed by atoms with Gasteiger partial charge in [0.05, 0.1) is 8.66 Å². The first kappa shape index (κ1) is 14.8. The molecule has 0 bridgehead atoms. The number of thiophene rings is 1. The van der Waals surface area contributed by atoms with E-state index < -0.39 is 0 Å². The second-order valence-corrected chi connectivity index (χ2v) is 7.96. The van der Waals surface area contributed by atoms with Crippen molar-refractivity contribution in [1.82, 2.24) is 4.90 Å². The second-order valence-electron chi connectivity index (χ2n) is 4.36. The Hall–Kier alpha value is 0.420. The molecule has 1 heterocycles. The van der Waals surface area contributed by atoms with Gasteiger partial charge >= 0.3 is 0 Å². The van der Waals surface area contributed by atoms with Crippen LogP contribution in [0.4, 0.5) is 0 Å². The van der Waals surface area contributed by atoms with E-state index in [-0.39, 0.29) is 5.91 Å². The molecule has 1 aromatic heterocycles. The number of hydrogen-bond acceptors (Lipinski definition) is 2. The van der Waals surface area contributed by atoms with Gasteiger partial charge in [0.2, 0.25) is 0 Å². The molecule has 0 aromatic carbocycles. The van der Waals surface area contributed by atoms with E-state index in [0.29, 0.717) is 18.5 Å². The van der Waals surface area contributed by atoms with Gasteiger partial charge in [0.25, 0.3) is 5.91 Å². The van der Waals surface area contributed by atoms with Crippen molar-refractivity contribution < 1.29 is 4.79 Å². The van der Waals surface area contributed by atoms with Gasteiger partial charge in [-0.15, -0.1) is 22.9 Å². The van der Waals surface area contributed by atoms with Crippen molar-refractivity contribution in [2.45, 2.75) is 31.7 Å². The Morgan fingerprint density at radius 1 is 1.44 bits per heavy atom. The Labute approximate surface area is 133 Å². The first-order valence-corrected chi connectivity index (χ1v) is 8.89. The molecule has 1 aliphatic carbocycles. The zero-order chi connectivity index (χ0) is 13.1. The number of carbonyl (C=O) groups excluding carboxylic acids is 1. The van der Waals surface area contributed by atoms with Crippen LogP contribution in [-0.4, -0.2) is 29.3 Å². The molecule has 1 aliphatic rings. The maximum Gasteiger partial charge on any atom is 0.264 e. The highest BCUT2D eigenvalue weighted by Gasteiger charge is 2.28. The fraction of sp³-hybridized carbons (Fsp3) is 0.583. The monoisotopic (exact) mass is 413 g/mol. The van der Waals surface area contributed by atoms with Gasteiger partial charge in [0.1, 0.15) is 0 Å². The summed E-state index contributed by atoms with van der Waals surface area (Å²) in [5.41, 5.74) is 0. The molecule has 2 rings (SSSR count). The quantitative estimate of drug-likeness (QED) is 0.641. The highest BCUT2D eigenvalue weighted by atomic mass is 79.9. The number of halogens is 3. The van der Waals surface area contributed by atoms with Crippen molar-refractivity contribution in [3.05, 3.63) is 19.2 Å². The van der Waals surface area contributed by atoms with Gasteiger partial charge in [0, 0.05) is 22.9 Å². The van der Waals surface area contributed by atoms with E-state index in [4.69, 9.17) is 11.6 Å². The number of hydrogen-bond donors (Lipinski definition) is 0. The normalized spacial score (nSPS) is 16.2. The lowest BCUT2D eigenvalue weighted by molar-refractivity contribution is 0.0700. The zero-order valence-corrected chi connectivity index (χ0v) is 14.5. The molecule has 1 saturated carbocycles. The number of amides is 1. The summed E-state index contributed by atoms with van der Waals surface area (Å²) in [5, 5.41) is 0. The van der Waals surface area contributed by atoms with Crippen LogP contribution in [0.3, 0.4) is 0 Å². The molecule has 0 saturated heterocycles. The minimum Gasteiger partial charge on any atom is -0.334 e. The number of alkyl halides is 1. The maximum atomic E-state index is 12.5. The van der Waals surface area contributed by atoms with Crippen molar-refractivity contribution in [3.8, 4) is 0 Å². The Morgan fingerprint density at radius 3 is 2.61 bits per heavy atom. The Bertz CT molecular complexity index is 412. The predicted molar refractivity (Wildman–Crippen MR) is 83.7 cm³/mol. The average molecular weight is 416 g/mol. The summed E-state index contributed by atoms with van der Waals surface area (Å²) in [6.45, 7) is 0.637. The molecule has 0 aliphatic heterocycles. The predicted octanol–water partition coefficient (Wildman–Crippen LogP) is 4.90. The van der Waals surface area contributed by atoms with E-state index in [1.165, 1.54) is 24.2 Å². The largest absolute Gasteiger partial charge is 0.334 e. The van der Waals surface area contributed by atoms with E-state index in [0.717, 1.165) is 26.0 Å². The van der Waals surface area contributed by atoms with Crippen LogP contribution in [0, 0.1) is 0 Å². The standard InChI is InChI=1S/C12H14Br2ClNOS/c13-9-7-10(18-11(9)14)12(17)16(6-5-15)8-3-1-2-4-8/h7-8H,1-6H2. The summed E-state index contributed by atoms with van der Waals surface area (Å²) in [5.74, 6) is 0.606. The summed E-state index contributed by atoms with van der Waals surface area (Å²) in [7, 11) is 0. The second kappa shape index (κ2) is 6.73. The van der Waals surface area contributed by atoms with Crippen molar-refractivity contribution in [2.75, 3.05) is 12.4 Å². The van der Waals surface area contributed by atoms with Gasteiger partial charge in [-0.25, -0.2) is 0 Å². The topological polar surface area (TPSA) is 20.3 Å². The molecule has 2 nitrogen and oxygen atoms in total. The smallest absolute Gasteiger partial charge is 0.264 e. The molecule has 0 unspecified atom stereocenters. The Balaban J connectivity index is 2.16. The molecule has 100 valence electrons. The highest BCUT2D eigenvalue weighted by Crippen LogP contribution is 2.34. The minimum atomic E-state index is 0.110. The van der Waals surface area contributed by atoms with Crippen molar-refractivity contribution in [1.29, 1.82) is 0 Å². The van der Waals surface area contributed by atoms with Gasteiger partial charge in [-0.1, -0.05) is 12.8 Å². The first-order valence-electron chi connectivity index (χ1n) is 5.95. The van der Waals surface area contributed by atoms with Gasteiger partial charge < -0.3 is 4.90 Å². The minimum absolute atomic E-state index is 0.110. The van der Waals surface area contributed by atoms with Crippen LogP contribution < -0.4 is 0 Å². The summed E-state index contributed by atoms with van der Waals surface area (Å²) < 4.78 is 1.90.